The summed E-state index contributed by atoms with van der Waals surface area (Å²) in [4.78, 5) is 0. The molecule has 0 bridgehead atoms. The van der Waals surface area contributed by atoms with Gasteiger partial charge in [-0.2, -0.15) is 0 Å². The number of nitrogen functional groups attached to an aromatic ring is 2. The normalized spacial score (nSPS) is 10.3. The van der Waals surface area contributed by atoms with E-state index >= 15 is 0 Å². The van der Waals surface area contributed by atoms with Crippen molar-refractivity contribution >= 4 is 22.7 Å². The number of benzene rings is 4. The van der Waals surface area contributed by atoms with Gasteiger partial charge < -0.3 is 26.3 Å². The molecule has 0 heterocycles. The molecule has 5 nitrogen and oxygen atoms in total. The van der Waals surface area contributed by atoms with E-state index in [1.807, 2.05) is 91.0 Å². The third-order valence-electron chi connectivity index (χ3n) is 4.21. The lowest BCUT2D eigenvalue weighted by molar-refractivity contribution is 0.483. The predicted octanol–water partition coefficient (Wildman–Crippen LogP) is 6.18. The zero-order chi connectivity index (χ0) is 20.1. The van der Waals surface area contributed by atoms with E-state index in [9.17, 15) is 0 Å². The molecule has 0 atom stereocenters. The average molecular weight is 383 g/mol. The van der Waals surface area contributed by atoms with Crippen molar-refractivity contribution in [3.63, 3.8) is 0 Å². The van der Waals surface area contributed by atoms with E-state index in [1.54, 1.807) is 6.07 Å². The Balaban J connectivity index is 1.37. The lowest BCUT2D eigenvalue weighted by atomic mass is 10.2. The maximum Gasteiger partial charge on any atom is 0.129 e. The maximum atomic E-state index is 5.81. The molecule has 0 amide bonds. The van der Waals surface area contributed by atoms with E-state index < -0.39 is 0 Å². The molecular weight excluding hydrogens is 362 g/mol. The predicted molar refractivity (Wildman–Crippen MR) is 118 cm³/mol. The second-order valence-electron chi connectivity index (χ2n) is 6.52. The summed E-state index contributed by atoms with van der Waals surface area (Å²) >= 11 is 0. The van der Waals surface area contributed by atoms with Gasteiger partial charge in [-0.1, -0.05) is 6.07 Å². The molecular formula is C24H21N3O2. The number of rotatable bonds is 6. The number of anilines is 4. The summed E-state index contributed by atoms with van der Waals surface area (Å²) in [7, 11) is 0. The van der Waals surface area contributed by atoms with Crippen molar-refractivity contribution in [3.05, 3.63) is 97.1 Å². The van der Waals surface area contributed by atoms with Gasteiger partial charge in [-0.05, 0) is 84.9 Å². The van der Waals surface area contributed by atoms with Crippen LogP contribution in [0.1, 0.15) is 0 Å². The Morgan fingerprint density at radius 2 is 0.966 bits per heavy atom. The fourth-order valence-electron chi connectivity index (χ4n) is 2.77. The topological polar surface area (TPSA) is 82.5 Å². The Morgan fingerprint density at radius 3 is 1.48 bits per heavy atom. The van der Waals surface area contributed by atoms with Crippen LogP contribution in [0.25, 0.3) is 0 Å². The van der Waals surface area contributed by atoms with Crippen molar-refractivity contribution in [2.45, 2.75) is 0 Å². The molecule has 0 aliphatic carbocycles. The first-order chi connectivity index (χ1) is 14.1. The molecule has 4 aromatic carbocycles. The number of hydrogen-bond donors (Lipinski definition) is 3. The Morgan fingerprint density at radius 1 is 0.483 bits per heavy atom. The summed E-state index contributed by atoms with van der Waals surface area (Å²) in [5.74, 6) is 2.96. The van der Waals surface area contributed by atoms with E-state index in [-0.39, 0.29) is 0 Å². The smallest absolute Gasteiger partial charge is 0.129 e. The Labute approximate surface area is 169 Å². The van der Waals surface area contributed by atoms with Crippen molar-refractivity contribution in [2.75, 3.05) is 16.8 Å². The summed E-state index contributed by atoms with van der Waals surface area (Å²) in [6, 6.07) is 30.1. The van der Waals surface area contributed by atoms with Crippen LogP contribution in [0.4, 0.5) is 22.7 Å². The van der Waals surface area contributed by atoms with Crippen LogP contribution < -0.4 is 26.3 Å². The van der Waals surface area contributed by atoms with Gasteiger partial charge in [0.1, 0.15) is 23.0 Å². The highest BCUT2D eigenvalue weighted by molar-refractivity contribution is 5.61. The van der Waals surface area contributed by atoms with Crippen molar-refractivity contribution in [2.24, 2.45) is 0 Å². The van der Waals surface area contributed by atoms with Crippen LogP contribution in [0.15, 0.2) is 97.1 Å². The molecule has 0 aliphatic heterocycles. The van der Waals surface area contributed by atoms with Crippen LogP contribution in [0.2, 0.25) is 0 Å². The van der Waals surface area contributed by atoms with E-state index in [1.165, 1.54) is 0 Å². The first-order valence-corrected chi connectivity index (χ1v) is 9.18. The summed E-state index contributed by atoms with van der Waals surface area (Å²) in [6.45, 7) is 0. The lowest BCUT2D eigenvalue weighted by Crippen LogP contribution is -1.91. The second-order valence-corrected chi connectivity index (χ2v) is 6.52. The lowest BCUT2D eigenvalue weighted by Gasteiger charge is -2.10. The van der Waals surface area contributed by atoms with E-state index in [2.05, 4.69) is 5.32 Å². The quantitative estimate of drug-likeness (QED) is 0.346. The van der Waals surface area contributed by atoms with Gasteiger partial charge in [-0.15, -0.1) is 0 Å². The van der Waals surface area contributed by atoms with Gasteiger partial charge >= 0.3 is 0 Å². The highest BCUT2D eigenvalue weighted by Gasteiger charge is 2.01. The van der Waals surface area contributed by atoms with Gasteiger partial charge in [0, 0.05) is 28.8 Å². The Bertz CT molecular complexity index is 1080. The minimum Gasteiger partial charge on any atom is -0.457 e. The SMILES string of the molecule is Nc1ccc(Oc2ccc(Nc3ccc(Oc4cccc(N)c4)cc3)cc2)cc1. The van der Waals surface area contributed by atoms with Crippen molar-refractivity contribution in [3.8, 4) is 23.0 Å². The van der Waals surface area contributed by atoms with Gasteiger partial charge in [0.05, 0.1) is 0 Å². The molecule has 0 fully saturated rings. The summed E-state index contributed by atoms with van der Waals surface area (Å²) in [5.41, 5.74) is 14.8. The van der Waals surface area contributed by atoms with Crippen molar-refractivity contribution in [1.29, 1.82) is 0 Å². The summed E-state index contributed by atoms with van der Waals surface area (Å²) < 4.78 is 11.6. The molecule has 0 saturated carbocycles. The number of nitrogens with two attached hydrogens (primary N) is 2. The summed E-state index contributed by atoms with van der Waals surface area (Å²) in [5, 5.41) is 3.36. The standard InChI is InChI=1S/C24H21N3O2/c25-17-4-10-21(11-5-17)28-22-12-6-19(7-13-22)27-20-8-14-23(15-9-20)29-24-3-1-2-18(26)16-24/h1-16,27H,25-26H2. The van der Waals surface area contributed by atoms with Crippen LogP contribution in [-0.4, -0.2) is 0 Å². The maximum absolute atomic E-state index is 5.81. The van der Waals surface area contributed by atoms with Gasteiger partial charge in [-0.25, -0.2) is 0 Å². The molecule has 0 saturated heterocycles. The van der Waals surface area contributed by atoms with Crippen LogP contribution >= 0.6 is 0 Å². The third kappa shape index (κ3) is 4.99. The zero-order valence-corrected chi connectivity index (χ0v) is 15.7. The number of hydrogen-bond acceptors (Lipinski definition) is 5. The van der Waals surface area contributed by atoms with E-state index in [0.29, 0.717) is 17.1 Å². The number of ether oxygens (including phenoxy) is 2. The molecule has 0 unspecified atom stereocenters. The molecule has 5 heteroatoms. The molecule has 0 aromatic heterocycles. The van der Waals surface area contributed by atoms with Gasteiger partial charge in [0.25, 0.3) is 0 Å². The van der Waals surface area contributed by atoms with E-state index in [0.717, 1.165) is 28.6 Å². The highest BCUT2D eigenvalue weighted by atomic mass is 16.5. The van der Waals surface area contributed by atoms with Crippen molar-refractivity contribution < 1.29 is 9.47 Å². The molecule has 144 valence electrons. The molecule has 4 aromatic rings. The summed E-state index contributed by atoms with van der Waals surface area (Å²) in [6.07, 6.45) is 0. The van der Waals surface area contributed by atoms with Crippen LogP contribution in [0, 0.1) is 0 Å². The van der Waals surface area contributed by atoms with E-state index in [4.69, 9.17) is 20.9 Å². The minimum atomic E-state index is 0.671. The molecule has 4 rings (SSSR count). The molecule has 5 N–H and O–H groups in total. The zero-order valence-electron chi connectivity index (χ0n) is 15.7. The second kappa shape index (κ2) is 8.27. The Kier molecular flexibility index (Phi) is 5.21. The molecule has 0 spiro atoms. The monoisotopic (exact) mass is 383 g/mol. The molecule has 29 heavy (non-hydrogen) atoms. The largest absolute Gasteiger partial charge is 0.457 e. The van der Waals surface area contributed by atoms with Crippen LogP contribution in [0.3, 0.4) is 0 Å². The fraction of sp³-hybridized carbons (Fsp3) is 0. The van der Waals surface area contributed by atoms with Crippen molar-refractivity contribution in [1.82, 2.24) is 0 Å². The minimum absolute atomic E-state index is 0.671. The van der Waals surface area contributed by atoms with Crippen LogP contribution in [0.5, 0.6) is 23.0 Å². The van der Waals surface area contributed by atoms with Gasteiger partial charge in [0.2, 0.25) is 0 Å². The fourth-order valence-corrected chi connectivity index (χ4v) is 2.77. The third-order valence-corrected chi connectivity index (χ3v) is 4.21. The number of nitrogens with one attached hydrogen (secondary N) is 1. The van der Waals surface area contributed by atoms with Crippen LogP contribution in [-0.2, 0) is 0 Å². The Hall–Kier alpha value is -4.12. The molecule has 0 radical (unpaired) electrons. The van der Waals surface area contributed by atoms with Gasteiger partial charge in [0.15, 0.2) is 0 Å². The molecule has 0 aliphatic rings. The highest BCUT2D eigenvalue weighted by Crippen LogP contribution is 2.27. The van der Waals surface area contributed by atoms with Gasteiger partial charge in [-0.3, -0.25) is 0 Å². The average Bonchev–Trinajstić information content (AvgIpc) is 2.73. The first-order valence-electron chi connectivity index (χ1n) is 9.18. The first kappa shape index (κ1) is 18.3.